The minimum atomic E-state index is -3.63. The first-order chi connectivity index (χ1) is 14.2. The summed E-state index contributed by atoms with van der Waals surface area (Å²) in [6.07, 6.45) is 1.80. The normalized spacial score (nSPS) is 23.3. The third-order valence-electron chi connectivity index (χ3n) is 5.83. The van der Waals surface area contributed by atoms with Crippen LogP contribution in [0.15, 0.2) is 15.5 Å². The lowest BCUT2D eigenvalue weighted by Gasteiger charge is -2.16. The van der Waals surface area contributed by atoms with Crippen molar-refractivity contribution in [3.63, 3.8) is 0 Å². The highest BCUT2D eigenvalue weighted by atomic mass is 32.2. The molecular weight excluding hydrogens is 416 g/mol. The summed E-state index contributed by atoms with van der Waals surface area (Å²) < 4.78 is 52.6. The Balaban J connectivity index is 1.51. The van der Waals surface area contributed by atoms with E-state index in [9.17, 15) is 17.8 Å². The molecule has 0 saturated carbocycles. The quantitative estimate of drug-likeness (QED) is 0.752. The zero-order chi connectivity index (χ0) is 21.2. The van der Waals surface area contributed by atoms with Gasteiger partial charge in [-0.25, -0.2) is 27.6 Å². The van der Waals surface area contributed by atoms with Gasteiger partial charge in [0.2, 0.25) is 5.88 Å². The molecule has 1 aromatic carbocycles. The summed E-state index contributed by atoms with van der Waals surface area (Å²) in [5, 5.41) is 12.6. The van der Waals surface area contributed by atoms with Crippen molar-refractivity contribution in [1.82, 2.24) is 9.78 Å². The van der Waals surface area contributed by atoms with Gasteiger partial charge in [0, 0.05) is 18.5 Å². The van der Waals surface area contributed by atoms with Gasteiger partial charge in [0.1, 0.15) is 23.0 Å². The van der Waals surface area contributed by atoms with Crippen LogP contribution in [0.3, 0.4) is 0 Å². The van der Waals surface area contributed by atoms with Crippen molar-refractivity contribution in [2.75, 3.05) is 5.32 Å². The summed E-state index contributed by atoms with van der Waals surface area (Å²) in [4.78, 5) is 12.7. The molecule has 1 aliphatic heterocycles. The standard InChI is InChI=1S/C19H21F2N5O3S/c1-9-8-26-18(29-9)15(7-23-26)30(22,28)25-19(27)24-17-12-4-2-3-11(12)16(21)13-5-10(20)6-14(13)17/h7,9-10H,2-6,8H2,1H3,(H3,22,24,25,27,28)/t9-,10+,30+/m1/s1. The lowest BCUT2D eigenvalue weighted by atomic mass is 9.98. The number of fused-ring (bicyclic) bond motifs is 3. The van der Waals surface area contributed by atoms with Crippen LogP contribution < -0.4 is 15.2 Å². The molecular formula is C19H21F2N5O3S. The molecule has 5 rings (SSSR count). The van der Waals surface area contributed by atoms with Crippen LogP contribution in [0.2, 0.25) is 0 Å². The molecule has 2 amide bonds. The Morgan fingerprint density at radius 3 is 2.87 bits per heavy atom. The molecule has 160 valence electrons. The predicted molar refractivity (Wildman–Crippen MR) is 105 cm³/mol. The van der Waals surface area contributed by atoms with Crippen LogP contribution in [-0.4, -0.2) is 32.3 Å². The van der Waals surface area contributed by atoms with Crippen molar-refractivity contribution in [2.24, 2.45) is 9.50 Å². The number of amides is 2. The van der Waals surface area contributed by atoms with E-state index < -0.39 is 22.1 Å². The summed E-state index contributed by atoms with van der Waals surface area (Å²) in [6.45, 7) is 2.31. The number of urea groups is 1. The number of ether oxygens (including phenoxy) is 1. The first-order valence-electron chi connectivity index (χ1n) is 9.82. The van der Waals surface area contributed by atoms with Crippen molar-refractivity contribution in [3.05, 3.63) is 34.3 Å². The molecule has 11 heteroatoms. The van der Waals surface area contributed by atoms with Gasteiger partial charge in [-0.15, -0.1) is 4.36 Å². The lowest BCUT2D eigenvalue weighted by molar-refractivity contribution is 0.248. The number of benzene rings is 1. The van der Waals surface area contributed by atoms with E-state index in [1.165, 1.54) is 10.9 Å². The second-order valence-corrected chi connectivity index (χ2v) is 9.74. The van der Waals surface area contributed by atoms with Gasteiger partial charge in [-0.1, -0.05) is 0 Å². The molecule has 2 heterocycles. The fraction of sp³-hybridized carbons (Fsp3) is 0.474. The molecule has 0 bridgehead atoms. The number of nitrogens with two attached hydrogens (primary N) is 1. The minimum absolute atomic E-state index is 0.0137. The molecule has 0 spiro atoms. The van der Waals surface area contributed by atoms with E-state index in [2.05, 4.69) is 14.8 Å². The van der Waals surface area contributed by atoms with Gasteiger partial charge in [-0.3, -0.25) is 0 Å². The van der Waals surface area contributed by atoms with Crippen molar-refractivity contribution in [1.29, 1.82) is 0 Å². The number of carbonyl (C=O) groups is 1. The van der Waals surface area contributed by atoms with E-state index in [1.54, 1.807) is 0 Å². The Bertz CT molecular complexity index is 1200. The molecule has 0 unspecified atom stereocenters. The monoisotopic (exact) mass is 437 g/mol. The molecule has 0 fully saturated rings. The highest BCUT2D eigenvalue weighted by Gasteiger charge is 2.34. The molecule has 2 aliphatic carbocycles. The highest BCUT2D eigenvalue weighted by Crippen LogP contribution is 2.41. The predicted octanol–water partition coefficient (Wildman–Crippen LogP) is 2.66. The van der Waals surface area contributed by atoms with Gasteiger partial charge in [0.05, 0.1) is 12.7 Å². The molecule has 3 aliphatic rings. The SMILES string of the molecule is C[C@@H]1Cn2ncc([S@@](N)(=O)=NC(=O)Nc3c4c(c(F)c5c3C[C@@H](F)C5)CCC4)c2O1. The van der Waals surface area contributed by atoms with Crippen molar-refractivity contribution in [3.8, 4) is 5.88 Å². The molecule has 2 aromatic rings. The second kappa shape index (κ2) is 6.74. The molecule has 30 heavy (non-hydrogen) atoms. The fourth-order valence-corrected chi connectivity index (χ4v) is 5.59. The van der Waals surface area contributed by atoms with Crippen molar-refractivity contribution < 1.29 is 22.5 Å². The Morgan fingerprint density at radius 1 is 1.33 bits per heavy atom. The van der Waals surface area contributed by atoms with Crippen molar-refractivity contribution >= 4 is 21.6 Å². The second-order valence-electron chi connectivity index (χ2n) is 7.98. The number of anilines is 1. The number of hydrogen-bond donors (Lipinski definition) is 2. The number of rotatable bonds is 2. The van der Waals surface area contributed by atoms with E-state index in [1.807, 2.05) is 6.92 Å². The first-order valence-corrected chi connectivity index (χ1v) is 11.4. The smallest absolute Gasteiger partial charge is 0.354 e. The van der Waals surface area contributed by atoms with Gasteiger partial charge in [0.15, 0.2) is 9.92 Å². The topological polar surface area (TPSA) is 112 Å². The molecule has 3 atom stereocenters. The maximum atomic E-state index is 14.8. The van der Waals surface area contributed by atoms with Crippen LogP contribution in [0.1, 0.15) is 35.6 Å². The number of nitrogens with one attached hydrogen (secondary N) is 1. The van der Waals surface area contributed by atoms with Gasteiger partial charge in [-0.2, -0.15) is 5.10 Å². The summed E-state index contributed by atoms with van der Waals surface area (Å²) in [5.74, 6) is -0.132. The number of aromatic nitrogens is 2. The summed E-state index contributed by atoms with van der Waals surface area (Å²) in [7, 11) is -3.63. The largest absolute Gasteiger partial charge is 0.472 e. The molecule has 3 N–H and O–H groups in total. The van der Waals surface area contributed by atoms with Crippen LogP contribution in [0, 0.1) is 5.82 Å². The molecule has 0 radical (unpaired) electrons. The summed E-state index contributed by atoms with van der Waals surface area (Å²) in [5.41, 5.74) is 2.33. The molecule has 1 aromatic heterocycles. The van der Waals surface area contributed by atoms with Crippen LogP contribution >= 0.6 is 0 Å². The van der Waals surface area contributed by atoms with Gasteiger partial charge in [0.25, 0.3) is 0 Å². The third kappa shape index (κ3) is 2.99. The lowest BCUT2D eigenvalue weighted by Crippen LogP contribution is -2.19. The van der Waals surface area contributed by atoms with Crippen molar-refractivity contribution in [2.45, 2.75) is 62.7 Å². The third-order valence-corrected chi connectivity index (χ3v) is 7.18. The number of nitrogens with zero attached hydrogens (tertiary/aromatic N) is 3. The highest BCUT2D eigenvalue weighted by molar-refractivity contribution is 7.91. The maximum Gasteiger partial charge on any atom is 0.354 e. The van der Waals surface area contributed by atoms with E-state index in [0.717, 1.165) is 6.42 Å². The zero-order valence-corrected chi connectivity index (χ0v) is 17.1. The van der Waals surface area contributed by atoms with Crippen LogP contribution in [0.5, 0.6) is 5.88 Å². The molecule has 8 nitrogen and oxygen atoms in total. The summed E-state index contributed by atoms with van der Waals surface area (Å²) >= 11 is 0. The Hall–Kier alpha value is -2.53. The fourth-order valence-electron chi connectivity index (χ4n) is 4.59. The van der Waals surface area contributed by atoms with Crippen LogP contribution in [0.4, 0.5) is 19.3 Å². The Labute approximate surface area is 172 Å². The van der Waals surface area contributed by atoms with Crippen LogP contribution in [-0.2, 0) is 42.1 Å². The van der Waals surface area contributed by atoms with E-state index >= 15 is 0 Å². The van der Waals surface area contributed by atoms with Crippen LogP contribution in [0.25, 0.3) is 0 Å². The number of hydrogen-bond acceptors (Lipinski definition) is 4. The van der Waals surface area contributed by atoms with E-state index in [-0.39, 0.29) is 35.5 Å². The zero-order valence-electron chi connectivity index (χ0n) is 16.3. The summed E-state index contributed by atoms with van der Waals surface area (Å²) in [6, 6.07) is -0.932. The first kappa shape index (κ1) is 19.4. The number of carbonyl (C=O) groups excluding carboxylic acids is 1. The minimum Gasteiger partial charge on any atom is -0.472 e. The average molecular weight is 437 g/mol. The van der Waals surface area contributed by atoms with Gasteiger partial charge < -0.3 is 10.1 Å². The Kier molecular flexibility index (Phi) is 4.37. The average Bonchev–Trinajstić information content (AvgIpc) is 3.40. The van der Waals surface area contributed by atoms with E-state index in [4.69, 9.17) is 9.88 Å². The van der Waals surface area contributed by atoms with E-state index in [0.29, 0.717) is 47.3 Å². The molecule has 0 saturated heterocycles. The number of alkyl halides is 1. The number of halogens is 2. The van der Waals surface area contributed by atoms with Gasteiger partial charge >= 0.3 is 6.03 Å². The van der Waals surface area contributed by atoms with Gasteiger partial charge in [-0.05, 0) is 48.4 Å². The maximum absolute atomic E-state index is 14.8. The Morgan fingerprint density at radius 2 is 2.07 bits per heavy atom.